The van der Waals surface area contributed by atoms with E-state index in [2.05, 4.69) is 10.3 Å². The van der Waals surface area contributed by atoms with Crippen LogP contribution >= 0.6 is 0 Å². The van der Waals surface area contributed by atoms with Gasteiger partial charge in [-0.3, -0.25) is 18.5 Å². The van der Waals surface area contributed by atoms with Gasteiger partial charge < -0.3 is 10.4 Å². The third kappa shape index (κ3) is 4.15. The van der Waals surface area contributed by atoms with Crippen molar-refractivity contribution in [1.82, 2.24) is 18.7 Å². The van der Waals surface area contributed by atoms with E-state index in [9.17, 15) is 9.59 Å². The second-order valence-corrected chi connectivity index (χ2v) is 7.40. The molecule has 4 rings (SSSR count). The molecule has 0 bridgehead atoms. The molecule has 0 aliphatic heterocycles. The summed E-state index contributed by atoms with van der Waals surface area (Å²) in [6, 6.07) is 19.2. The van der Waals surface area contributed by atoms with Gasteiger partial charge in [0.15, 0.2) is 11.2 Å². The monoisotopic (exact) mass is 419 g/mol. The predicted octanol–water partition coefficient (Wildman–Crippen LogP) is 1.79. The summed E-state index contributed by atoms with van der Waals surface area (Å²) in [5.74, 6) is 0.497. The molecular weight excluding hydrogens is 394 g/mol. The number of aliphatic hydroxyl groups is 1. The Morgan fingerprint density at radius 2 is 1.48 bits per heavy atom. The highest BCUT2D eigenvalue weighted by Crippen LogP contribution is 2.18. The number of fused-ring (bicyclic) bond motifs is 1. The first-order valence-corrected chi connectivity index (χ1v) is 10.2. The van der Waals surface area contributed by atoms with Gasteiger partial charge in [-0.15, -0.1) is 0 Å². The molecule has 31 heavy (non-hydrogen) atoms. The topological polar surface area (TPSA) is 94.1 Å². The second-order valence-electron chi connectivity index (χ2n) is 7.40. The van der Waals surface area contributed by atoms with Gasteiger partial charge in [0.1, 0.15) is 0 Å². The van der Waals surface area contributed by atoms with Gasteiger partial charge in [0.25, 0.3) is 5.56 Å². The maximum atomic E-state index is 13.5. The van der Waals surface area contributed by atoms with E-state index in [4.69, 9.17) is 5.11 Å². The number of hydrogen-bond donors (Lipinski definition) is 2. The first kappa shape index (κ1) is 20.6. The van der Waals surface area contributed by atoms with Crippen molar-refractivity contribution in [3.8, 4) is 0 Å². The number of anilines is 1. The molecule has 0 fully saturated rings. The molecule has 0 amide bonds. The third-order valence-electron chi connectivity index (χ3n) is 5.22. The van der Waals surface area contributed by atoms with E-state index in [1.807, 2.05) is 65.2 Å². The lowest BCUT2D eigenvalue weighted by Crippen LogP contribution is -2.40. The first-order valence-electron chi connectivity index (χ1n) is 10.2. The van der Waals surface area contributed by atoms with Crippen LogP contribution in [0.5, 0.6) is 0 Å². The fourth-order valence-electron chi connectivity index (χ4n) is 3.61. The minimum Gasteiger partial charge on any atom is -0.396 e. The van der Waals surface area contributed by atoms with Gasteiger partial charge >= 0.3 is 5.69 Å². The number of imidazole rings is 1. The first-order chi connectivity index (χ1) is 15.1. The van der Waals surface area contributed by atoms with Crippen LogP contribution in [0, 0.1) is 0 Å². The van der Waals surface area contributed by atoms with Gasteiger partial charge in [0, 0.05) is 20.2 Å². The molecule has 0 saturated carbocycles. The lowest BCUT2D eigenvalue weighted by atomic mass is 10.2. The largest absolute Gasteiger partial charge is 0.396 e. The number of aryl methyl sites for hydroxylation is 1. The highest BCUT2D eigenvalue weighted by atomic mass is 16.3. The second kappa shape index (κ2) is 9.01. The van der Waals surface area contributed by atoms with Gasteiger partial charge in [-0.2, -0.15) is 4.98 Å². The molecule has 0 saturated heterocycles. The Balaban J connectivity index is 1.89. The molecule has 160 valence electrons. The number of nitrogens with zero attached hydrogens (tertiary/aromatic N) is 4. The zero-order chi connectivity index (χ0) is 21.8. The van der Waals surface area contributed by atoms with E-state index in [-0.39, 0.29) is 18.7 Å². The summed E-state index contributed by atoms with van der Waals surface area (Å²) in [6.45, 7) is 1.17. The van der Waals surface area contributed by atoms with Gasteiger partial charge in [-0.25, -0.2) is 4.79 Å². The van der Waals surface area contributed by atoms with Crippen LogP contribution < -0.4 is 16.6 Å². The molecule has 2 aromatic heterocycles. The molecule has 0 spiro atoms. The summed E-state index contributed by atoms with van der Waals surface area (Å²) >= 11 is 0. The van der Waals surface area contributed by atoms with E-state index in [1.165, 1.54) is 9.13 Å². The normalized spacial score (nSPS) is 11.2. The van der Waals surface area contributed by atoms with Crippen molar-refractivity contribution in [3.63, 3.8) is 0 Å². The maximum Gasteiger partial charge on any atom is 0.332 e. The molecule has 2 heterocycles. The molecule has 0 atom stereocenters. The Hall–Kier alpha value is -3.65. The van der Waals surface area contributed by atoms with Crippen molar-refractivity contribution < 1.29 is 5.11 Å². The van der Waals surface area contributed by atoms with E-state index in [0.29, 0.717) is 36.6 Å². The molecule has 2 aromatic carbocycles. The lowest BCUT2D eigenvalue weighted by molar-refractivity contribution is 0.292. The average Bonchev–Trinajstić information content (AvgIpc) is 3.15. The van der Waals surface area contributed by atoms with Crippen molar-refractivity contribution in [1.29, 1.82) is 0 Å². The van der Waals surface area contributed by atoms with Gasteiger partial charge in [0.2, 0.25) is 5.95 Å². The molecule has 0 radical (unpaired) electrons. The molecule has 0 aliphatic carbocycles. The number of benzene rings is 2. The van der Waals surface area contributed by atoms with Crippen LogP contribution in [0.25, 0.3) is 11.2 Å². The predicted molar refractivity (Wildman–Crippen MR) is 121 cm³/mol. The molecule has 2 N–H and O–H groups in total. The van der Waals surface area contributed by atoms with Crippen LogP contribution in [0.1, 0.15) is 17.5 Å². The number of hydrogen-bond acceptors (Lipinski definition) is 5. The number of nitrogens with one attached hydrogen (secondary N) is 1. The van der Waals surface area contributed by atoms with E-state index in [0.717, 1.165) is 11.1 Å². The summed E-state index contributed by atoms with van der Waals surface area (Å²) in [7, 11) is 1.63. The minimum absolute atomic E-state index is 0.0499. The van der Waals surface area contributed by atoms with E-state index < -0.39 is 5.69 Å². The Labute approximate surface area is 179 Å². The van der Waals surface area contributed by atoms with Crippen LogP contribution in [0.15, 0.2) is 70.3 Å². The summed E-state index contributed by atoms with van der Waals surface area (Å²) in [6.07, 6.45) is 0.547. The molecule has 8 nitrogen and oxygen atoms in total. The Bertz CT molecular complexity index is 1290. The van der Waals surface area contributed by atoms with E-state index >= 15 is 0 Å². The Kier molecular flexibility index (Phi) is 5.99. The number of aromatic nitrogens is 4. The summed E-state index contributed by atoms with van der Waals surface area (Å²) in [5.41, 5.74) is 1.80. The zero-order valence-electron chi connectivity index (χ0n) is 17.4. The van der Waals surface area contributed by atoms with Crippen LogP contribution in [-0.4, -0.2) is 36.9 Å². The summed E-state index contributed by atoms with van der Waals surface area (Å²) < 4.78 is 4.47. The van der Waals surface area contributed by atoms with Crippen molar-refractivity contribution in [2.45, 2.75) is 19.5 Å². The van der Waals surface area contributed by atoms with Crippen molar-refractivity contribution >= 4 is 17.1 Å². The van der Waals surface area contributed by atoms with Crippen molar-refractivity contribution in [2.24, 2.45) is 7.05 Å². The standard InChI is InChI=1S/C23H25N5O3/c1-26-20-19(21(30)28(23(26)31)16-18-11-6-3-7-12-18)27(15-17-9-4-2-5-10-17)22(25-20)24-13-8-14-29/h2-7,9-12,29H,8,13-16H2,1H3,(H,24,25). The molecule has 0 unspecified atom stereocenters. The number of aliphatic hydroxyl groups excluding tert-OH is 1. The van der Waals surface area contributed by atoms with Gasteiger partial charge in [0.05, 0.1) is 13.1 Å². The Morgan fingerprint density at radius 1 is 0.903 bits per heavy atom. The van der Waals surface area contributed by atoms with Crippen molar-refractivity contribution in [3.05, 3.63) is 92.6 Å². The van der Waals surface area contributed by atoms with Crippen LogP contribution in [-0.2, 0) is 20.1 Å². The Morgan fingerprint density at radius 3 is 2.06 bits per heavy atom. The van der Waals surface area contributed by atoms with Crippen LogP contribution in [0.4, 0.5) is 5.95 Å². The molecule has 8 heteroatoms. The molecular formula is C23H25N5O3. The highest BCUT2D eigenvalue weighted by molar-refractivity contribution is 5.74. The molecule has 0 aliphatic rings. The maximum absolute atomic E-state index is 13.5. The van der Waals surface area contributed by atoms with Gasteiger partial charge in [-0.05, 0) is 17.5 Å². The lowest BCUT2D eigenvalue weighted by Gasteiger charge is -2.12. The highest BCUT2D eigenvalue weighted by Gasteiger charge is 2.20. The van der Waals surface area contributed by atoms with Crippen molar-refractivity contribution in [2.75, 3.05) is 18.5 Å². The summed E-state index contributed by atoms with van der Waals surface area (Å²) in [5, 5.41) is 12.3. The molecule has 4 aromatic rings. The van der Waals surface area contributed by atoms with Crippen LogP contribution in [0.3, 0.4) is 0 Å². The zero-order valence-corrected chi connectivity index (χ0v) is 17.4. The fraction of sp³-hybridized carbons (Fsp3) is 0.261. The minimum atomic E-state index is -0.410. The van der Waals surface area contributed by atoms with Crippen LogP contribution in [0.2, 0.25) is 0 Å². The SMILES string of the molecule is Cn1c(=O)n(Cc2ccccc2)c(=O)c2c1nc(NCCCO)n2Cc1ccccc1. The average molecular weight is 419 g/mol. The van der Waals surface area contributed by atoms with E-state index in [1.54, 1.807) is 7.05 Å². The smallest absolute Gasteiger partial charge is 0.332 e. The quantitative estimate of drug-likeness (QED) is 0.425. The summed E-state index contributed by atoms with van der Waals surface area (Å²) in [4.78, 5) is 31.0. The van der Waals surface area contributed by atoms with Gasteiger partial charge in [-0.1, -0.05) is 60.7 Å². The third-order valence-corrected chi connectivity index (χ3v) is 5.22. The number of rotatable bonds is 8. The fourth-order valence-corrected chi connectivity index (χ4v) is 3.61.